The summed E-state index contributed by atoms with van der Waals surface area (Å²) in [5.41, 5.74) is 2.38. The SMILES string of the molecule is C=C(CCNC)Cc1ccccc1Cl. The van der Waals surface area contributed by atoms with Crippen LogP contribution in [0.3, 0.4) is 0 Å². The fourth-order valence-electron chi connectivity index (χ4n) is 1.30. The summed E-state index contributed by atoms with van der Waals surface area (Å²) in [6.07, 6.45) is 1.88. The molecular formula is C12H16ClN. The number of benzene rings is 1. The normalized spacial score (nSPS) is 10.1. The van der Waals surface area contributed by atoms with Crippen LogP contribution >= 0.6 is 11.6 Å². The lowest BCUT2D eigenvalue weighted by molar-refractivity contribution is 0.774. The van der Waals surface area contributed by atoms with E-state index in [0.717, 1.165) is 30.0 Å². The van der Waals surface area contributed by atoms with Crippen molar-refractivity contribution in [3.8, 4) is 0 Å². The van der Waals surface area contributed by atoms with Gasteiger partial charge in [-0.25, -0.2) is 0 Å². The van der Waals surface area contributed by atoms with E-state index >= 15 is 0 Å². The second-order valence-corrected chi connectivity index (χ2v) is 3.78. The van der Waals surface area contributed by atoms with Crippen LogP contribution < -0.4 is 5.32 Å². The van der Waals surface area contributed by atoms with E-state index in [1.807, 2.05) is 31.3 Å². The second kappa shape index (κ2) is 5.84. The third-order valence-corrected chi connectivity index (χ3v) is 2.50. The molecule has 0 aliphatic carbocycles. The van der Waals surface area contributed by atoms with Crippen LogP contribution in [0.5, 0.6) is 0 Å². The largest absolute Gasteiger partial charge is 0.319 e. The molecule has 0 unspecified atom stereocenters. The summed E-state index contributed by atoms with van der Waals surface area (Å²) in [7, 11) is 1.95. The van der Waals surface area contributed by atoms with Gasteiger partial charge in [-0.2, -0.15) is 0 Å². The van der Waals surface area contributed by atoms with Crippen LogP contribution in [-0.4, -0.2) is 13.6 Å². The molecule has 1 N–H and O–H groups in total. The minimum Gasteiger partial charge on any atom is -0.319 e. The maximum Gasteiger partial charge on any atom is 0.0441 e. The summed E-state index contributed by atoms with van der Waals surface area (Å²) in [4.78, 5) is 0. The predicted molar refractivity (Wildman–Crippen MR) is 62.8 cm³/mol. The Morgan fingerprint density at radius 2 is 2.14 bits per heavy atom. The van der Waals surface area contributed by atoms with Crippen LogP contribution in [0.2, 0.25) is 5.02 Å². The zero-order valence-electron chi connectivity index (χ0n) is 8.52. The first-order valence-corrected chi connectivity index (χ1v) is 5.16. The number of hydrogen-bond acceptors (Lipinski definition) is 1. The van der Waals surface area contributed by atoms with E-state index in [-0.39, 0.29) is 0 Å². The van der Waals surface area contributed by atoms with E-state index in [4.69, 9.17) is 11.6 Å². The molecule has 0 spiro atoms. The monoisotopic (exact) mass is 209 g/mol. The smallest absolute Gasteiger partial charge is 0.0441 e. The molecule has 76 valence electrons. The molecule has 0 aliphatic rings. The molecule has 0 aromatic heterocycles. The van der Waals surface area contributed by atoms with Crippen molar-refractivity contribution in [2.45, 2.75) is 12.8 Å². The molecule has 1 aromatic rings. The molecule has 0 radical (unpaired) electrons. The van der Waals surface area contributed by atoms with E-state index in [0.29, 0.717) is 0 Å². The lowest BCUT2D eigenvalue weighted by Gasteiger charge is -2.06. The average molecular weight is 210 g/mol. The lowest BCUT2D eigenvalue weighted by atomic mass is 10.0. The van der Waals surface area contributed by atoms with Gasteiger partial charge in [-0.3, -0.25) is 0 Å². The van der Waals surface area contributed by atoms with E-state index < -0.39 is 0 Å². The summed E-state index contributed by atoms with van der Waals surface area (Å²) >= 11 is 6.05. The summed E-state index contributed by atoms with van der Waals surface area (Å²) in [6.45, 7) is 5.01. The highest BCUT2D eigenvalue weighted by molar-refractivity contribution is 6.31. The van der Waals surface area contributed by atoms with E-state index in [2.05, 4.69) is 11.9 Å². The number of rotatable bonds is 5. The first kappa shape index (κ1) is 11.3. The molecule has 0 bridgehead atoms. The summed E-state index contributed by atoms with van der Waals surface area (Å²) in [5.74, 6) is 0. The lowest BCUT2D eigenvalue weighted by Crippen LogP contribution is -2.08. The van der Waals surface area contributed by atoms with Gasteiger partial charge in [0.1, 0.15) is 0 Å². The fraction of sp³-hybridized carbons (Fsp3) is 0.333. The van der Waals surface area contributed by atoms with E-state index in [1.165, 1.54) is 5.57 Å². The van der Waals surface area contributed by atoms with Gasteiger partial charge in [-0.1, -0.05) is 42.0 Å². The van der Waals surface area contributed by atoms with Crippen LogP contribution in [-0.2, 0) is 6.42 Å². The Balaban J connectivity index is 2.52. The molecule has 14 heavy (non-hydrogen) atoms. The first-order valence-electron chi connectivity index (χ1n) is 4.78. The van der Waals surface area contributed by atoms with Crippen molar-refractivity contribution in [2.75, 3.05) is 13.6 Å². The summed E-state index contributed by atoms with van der Waals surface area (Å²) in [5, 5.41) is 3.94. The van der Waals surface area contributed by atoms with Gasteiger partial charge in [0.15, 0.2) is 0 Å². The molecule has 0 fully saturated rings. The Bertz CT molecular complexity index is 307. The third kappa shape index (κ3) is 3.52. The van der Waals surface area contributed by atoms with Gasteiger partial charge in [0.05, 0.1) is 0 Å². The van der Waals surface area contributed by atoms with Gasteiger partial charge >= 0.3 is 0 Å². The molecule has 2 heteroatoms. The Kier molecular flexibility index (Phi) is 4.71. The molecule has 0 heterocycles. The van der Waals surface area contributed by atoms with Crippen molar-refractivity contribution in [1.82, 2.24) is 5.32 Å². The van der Waals surface area contributed by atoms with Crippen molar-refractivity contribution >= 4 is 11.6 Å². The molecule has 1 rings (SSSR count). The summed E-state index contributed by atoms with van der Waals surface area (Å²) < 4.78 is 0. The Labute approximate surface area is 90.8 Å². The zero-order chi connectivity index (χ0) is 10.4. The van der Waals surface area contributed by atoms with Gasteiger partial charge < -0.3 is 5.32 Å². The van der Waals surface area contributed by atoms with Gasteiger partial charge in [0, 0.05) is 5.02 Å². The Morgan fingerprint density at radius 1 is 1.43 bits per heavy atom. The number of hydrogen-bond donors (Lipinski definition) is 1. The molecule has 1 nitrogen and oxygen atoms in total. The minimum absolute atomic E-state index is 0.832. The number of nitrogens with one attached hydrogen (secondary N) is 1. The highest BCUT2D eigenvalue weighted by Gasteiger charge is 2.00. The van der Waals surface area contributed by atoms with Gasteiger partial charge in [0.2, 0.25) is 0 Å². The quantitative estimate of drug-likeness (QED) is 0.736. The molecule has 0 saturated carbocycles. The van der Waals surface area contributed by atoms with Crippen molar-refractivity contribution in [1.29, 1.82) is 0 Å². The van der Waals surface area contributed by atoms with Crippen LogP contribution in [0, 0.1) is 0 Å². The van der Waals surface area contributed by atoms with Crippen molar-refractivity contribution in [3.05, 3.63) is 47.0 Å². The maximum atomic E-state index is 6.05. The van der Waals surface area contributed by atoms with Crippen molar-refractivity contribution < 1.29 is 0 Å². The minimum atomic E-state index is 0.832. The molecule has 0 amide bonds. The molecule has 1 aromatic carbocycles. The van der Waals surface area contributed by atoms with Gasteiger partial charge in [0.25, 0.3) is 0 Å². The van der Waals surface area contributed by atoms with Crippen LogP contribution in [0.15, 0.2) is 36.4 Å². The predicted octanol–water partition coefficient (Wildman–Crippen LogP) is 3.05. The van der Waals surface area contributed by atoms with E-state index in [9.17, 15) is 0 Å². The van der Waals surface area contributed by atoms with Crippen LogP contribution in [0.4, 0.5) is 0 Å². The van der Waals surface area contributed by atoms with Gasteiger partial charge in [-0.15, -0.1) is 0 Å². The number of halogens is 1. The fourth-order valence-corrected chi connectivity index (χ4v) is 1.50. The Morgan fingerprint density at radius 3 is 2.79 bits per heavy atom. The van der Waals surface area contributed by atoms with Crippen LogP contribution in [0.1, 0.15) is 12.0 Å². The third-order valence-electron chi connectivity index (χ3n) is 2.13. The highest BCUT2D eigenvalue weighted by atomic mass is 35.5. The molecule has 0 aliphatic heterocycles. The molecule has 0 saturated heterocycles. The van der Waals surface area contributed by atoms with Gasteiger partial charge in [-0.05, 0) is 38.1 Å². The average Bonchev–Trinajstić information content (AvgIpc) is 2.18. The van der Waals surface area contributed by atoms with Crippen molar-refractivity contribution in [2.24, 2.45) is 0 Å². The maximum absolute atomic E-state index is 6.05. The summed E-state index contributed by atoms with van der Waals surface area (Å²) in [6, 6.07) is 7.92. The topological polar surface area (TPSA) is 12.0 Å². The molecular weight excluding hydrogens is 194 g/mol. The van der Waals surface area contributed by atoms with E-state index in [1.54, 1.807) is 0 Å². The standard InChI is InChI=1S/C12H16ClN/c1-10(7-8-14-2)9-11-5-3-4-6-12(11)13/h3-6,14H,1,7-9H2,2H3. The van der Waals surface area contributed by atoms with Crippen LogP contribution in [0.25, 0.3) is 0 Å². The molecule has 0 atom stereocenters. The first-order chi connectivity index (χ1) is 6.74. The van der Waals surface area contributed by atoms with Crippen molar-refractivity contribution in [3.63, 3.8) is 0 Å². The second-order valence-electron chi connectivity index (χ2n) is 3.37. The highest BCUT2D eigenvalue weighted by Crippen LogP contribution is 2.18. The Hall–Kier alpha value is -0.790. The zero-order valence-corrected chi connectivity index (χ0v) is 9.27.